The summed E-state index contributed by atoms with van der Waals surface area (Å²) in [5.41, 5.74) is 0. The zero-order valence-corrected chi connectivity index (χ0v) is 7.54. The molecule has 2 heterocycles. The van der Waals surface area contributed by atoms with Gasteiger partial charge in [0.2, 0.25) is 0 Å². The van der Waals surface area contributed by atoms with Crippen molar-refractivity contribution >= 4 is 0 Å². The average molecular weight is 190 g/mol. The topological polar surface area (TPSA) is 63.8 Å². The van der Waals surface area contributed by atoms with Gasteiger partial charge in [0.1, 0.15) is 18.3 Å². The molecule has 0 spiro atoms. The van der Waals surface area contributed by atoms with Crippen LogP contribution in [0.1, 0.15) is 11.6 Å². The van der Waals surface area contributed by atoms with Gasteiger partial charge in [-0.3, -0.25) is 0 Å². The van der Waals surface area contributed by atoms with E-state index in [2.05, 4.69) is 15.0 Å². The van der Waals surface area contributed by atoms with Crippen LogP contribution in [0.3, 0.4) is 0 Å². The van der Waals surface area contributed by atoms with Crippen molar-refractivity contribution in [3.05, 3.63) is 42.5 Å². The first-order valence-corrected chi connectivity index (χ1v) is 4.27. The molecule has 14 heavy (non-hydrogen) atoms. The Morgan fingerprint density at radius 2 is 1.93 bits per heavy atom. The monoisotopic (exact) mass is 190 g/mol. The lowest BCUT2D eigenvalue weighted by atomic mass is 10.5. The van der Waals surface area contributed by atoms with Gasteiger partial charge in [-0.2, -0.15) is 0 Å². The molecule has 5 heteroatoms. The SMILES string of the molecule is OCc1nccn1Cc1ncccn1. The second kappa shape index (κ2) is 3.97. The van der Waals surface area contributed by atoms with Crippen LogP contribution in [0.4, 0.5) is 0 Å². The van der Waals surface area contributed by atoms with Gasteiger partial charge in [-0.05, 0) is 6.07 Å². The maximum absolute atomic E-state index is 8.96. The van der Waals surface area contributed by atoms with Gasteiger partial charge < -0.3 is 9.67 Å². The van der Waals surface area contributed by atoms with Gasteiger partial charge in [-0.25, -0.2) is 15.0 Å². The number of hydrogen-bond donors (Lipinski definition) is 1. The quantitative estimate of drug-likeness (QED) is 0.751. The predicted molar refractivity (Wildman–Crippen MR) is 49.3 cm³/mol. The summed E-state index contributed by atoms with van der Waals surface area (Å²) < 4.78 is 1.81. The van der Waals surface area contributed by atoms with Crippen LogP contribution >= 0.6 is 0 Å². The minimum atomic E-state index is -0.0696. The molecule has 0 aromatic carbocycles. The Morgan fingerprint density at radius 3 is 2.64 bits per heavy atom. The third-order valence-corrected chi connectivity index (χ3v) is 1.87. The molecule has 0 atom stereocenters. The van der Waals surface area contributed by atoms with Crippen LogP contribution < -0.4 is 0 Å². The molecule has 72 valence electrons. The Balaban J connectivity index is 2.19. The summed E-state index contributed by atoms with van der Waals surface area (Å²) in [5, 5.41) is 8.96. The lowest BCUT2D eigenvalue weighted by Gasteiger charge is -2.03. The lowest BCUT2D eigenvalue weighted by molar-refractivity contribution is 0.266. The van der Waals surface area contributed by atoms with Crippen molar-refractivity contribution in [3.8, 4) is 0 Å². The summed E-state index contributed by atoms with van der Waals surface area (Å²) in [6.07, 6.45) is 6.83. The van der Waals surface area contributed by atoms with Crippen LogP contribution in [-0.2, 0) is 13.2 Å². The van der Waals surface area contributed by atoms with Crippen molar-refractivity contribution < 1.29 is 5.11 Å². The normalized spacial score (nSPS) is 10.4. The Kier molecular flexibility index (Phi) is 2.51. The summed E-state index contributed by atoms with van der Waals surface area (Å²) in [6, 6.07) is 1.77. The summed E-state index contributed by atoms with van der Waals surface area (Å²) in [6.45, 7) is 0.469. The highest BCUT2D eigenvalue weighted by molar-refractivity contribution is 4.96. The minimum absolute atomic E-state index is 0.0696. The van der Waals surface area contributed by atoms with E-state index in [1.807, 2.05) is 4.57 Å². The van der Waals surface area contributed by atoms with Crippen LogP contribution in [0.15, 0.2) is 30.9 Å². The van der Waals surface area contributed by atoms with Gasteiger partial charge in [0.05, 0.1) is 6.54 Å². The molecule has 0 aliphatic heterocycles. The number of aliphatic hydroxyl groups is 1. The van der Waals surface area contributed by atoms with Gasteiger partial charge >= 0.3 is 0 Å². The van der Waals surface area contributed by atoms with Crippen molar-refractivity contribution in [2.24, 2.45) is 0 Å². The highest BCUT2D eigenvalue weighted by Crippen LogP contribution is 2.00. The summed E-state index contributed by atoms with van der Waals surface area (Å²) in [4.78, 5) is 12.2. The van der Waals surface area contributed by atoms with Crippen molar-refractivity contribution in [2.45, 2.75) is 13.2 Å². The van der Waals surface area contributed by atoms with Gasteiger partial charge in [-0.15, -0.1) is 0 Å². The maximum atomic E-state index is 8.96. The molecule has 0 aliphatic carbocycles. The van der Waals surface area contributed by atoms with E-state index < -0.39 is 0 Å². The Morgan fingerprint density at radius 1 is 1.14 bits per heavy atom. The van der Waals surface area contributed by atoms with Crippen molar-refractivity contribution in [2.75, 3.05) is 0 Å². The molecule has 2 aromatic heterocycles. The standard InChI is InChI=1S/C9H10N4O/c14-7-9-12-4-5-13(9)6-8-10-2-1-3-11-8/h1-5,14H,6-7H2. The van der Waals surface area contributed by atoms with Crippen LogP contribution in [0, 0.1) is 0 Å². The Labute approximate surface area is 81.1 Å². The molecule has 2 rings (SSSR count). The third kappa shape index (κ3) is 1.77. The number of aliphatic hydroxyl groups excluding tert-OH is 1. The van der Waals surface area contributed by atoms with E-state index in [9.17, 15) is 0 Å². The largest absolute Gasteiger partial charge is 0.388 e. The molecule has 0 amide bonds. The first kappa shape index (κ1) is 8.83. The van der Waals surface area contributed by atoms with Crippen molar-refractivity contribution in [1.29, 1.82) is 0 Å². The van der Waals surface area contributed by atoms with E-state index in [0.29, 0.717) is 18.2 Å². The number of rotatable bonds is 3. The lowest BCUT2D eigenvalue weighted by Crippen LogP contribution is -2.06. The first-order chi connectivity index (χ1) is 6.90. The van der Waals surface area contributed by atoms with E-state index >= 15 is 0 Å². The molecule has 5 nitrogen and oxygen atoms in total. The van der Waals surface area contributed by atoms with E-state index in [1.54, 1.807) is 30.9 Å². The molecule has 0 fully saturated rings. The molecule has 0 radical (unpaired) electrons. The Hall–Kier alpha value is -1.75. The summed E-state index contributed by atoms with van der Waals surface area (Å²) in [5.74, 6) is 1.33. The number of aromatic nitrogens is 4. The van der Waals surface area contributed by atoms with Crippen LogP contribution in [0.5, 0.6) is 0 Å². The molecule has 0 aliphatic rings. The fourth-order valence-corrected chi connectivity index (χ4v) is 1.20. The second-order valence-corrected chi connectivity index (χ2v) is 2.79. The van der Waals surface area contributed by atoms with Crippen molar-refractivity contribution in [3.63, 3.8) is 0 Å². The molecule has 0 saturated carbocycles. The Bertz CT molecular complexity index is 398. The first-order valence-electron chi connectivity index (χ1n) is 4.27. The smallest absolute Gasteiger partial charge is 0.147 e. The maximum Gasteiger partial charge on any atom is 0.147 e. The third-order valence-electron chi connectivity index (χ3n) is 1.87. The zero-order valence-electron chi connectivity index (χ0n) is 7.54. The number of hydrogen-bond acceptors (Lipinski definition) is 4. The van der Waals surface area contributed by atoms with E-state index in [1.165, 1.54) is 0 Å². The average Bonchev–Trinajstić information content (AvgIpc) is 2.67. The van der Waals surface area contributed by atoms with Gasteiger partial charge in [0, 0.05) is 24.8 Å². The molecular formula is C9H10N4O. The molecule has 0 bridgehead atoms. The predicted octanol–water partition coefficient (Wildman–Crippen LogP) is 0.214. The number of imidazole rings is 1. The van der Waals surface area contributed by atoms with Gasteiger partial charge in [0.15, 0.2) is 0 Å². The molecule has 0 unspecified atom stereocenters. The summed E-state index contributed by atoms with van der Waals surface area (Å²) in [7, 11) is 0. The van der Waals surface area contributed by atoms with Crippen LogP contribution in [0.2, 0.25) is 0 Å². The molecule has 1 N–H and O–H groups in total. The summed E-state index contributed by atoms with van der Waals surface area (Å²) >= 11 is 0. The van der Waals surface area contributed by atoms with Gasteiger partial charge in [-0.1, -0.05) is 0 Å². The van der Waals surface area contributed by atoms with Crippen LogP contribution in [0.25, 0.3) is 0 Å². The highest BCUT2D eigenvalue weighted by atomic mass is 16.3. The fraction of sp³-hybridized carbons (Fsp3) is 0.222. The minimum Gasteiger partial charge on any atom is -0.388 e. The van der Waals surface area contributed by atoms with E-state index in [0.717, 1.165) is 0 Å². The fourth-order valence-electron chi connectivity index (χ4n) is 1.20. The van der Waals surface area contributed by atoms with E-state index in [4.69, 9.17) is 5.11 Å². The van der Waals surface area contributed by atoms with Crippen LogP contribution in [-0.4, -0.2) is 24.6 Å². The highest BCUT2D eigenvalue weighted by Gasteiger charge is 2.02. The molecule has 2 aromatic rings. The molecule has 0 saturated heterocycles. The second-order valence-electron chi connectivity index (χ2n) is 2.79. The number of nitrogens with zero attached hydrogens (tertiary/aromatic N) is 4. The zero-order chi connectivity index (χ0) is 9.80. The van der Waals surface area contributed by atoms with E-state index in [-0.39, 0.29) is 6.61 Å². The van der Waals surface area contributed by atoms with Crippen molar-refractivity contribution in [1.82, 2.24) is 19.5 Å². The van der Waals surface area contributed by atoms with Gasteiger partial charge in [0.25, 0.3) is 0 Å². The molecular weight excluding hydrogens is 180 g/mol.